The number of benzene rings is 2. The summed E-state index contributed by atoms with van der Waals surface area (Å²) in [6, 6.07) is 18.0. The highest BCUT2D eigenvalue weighted by atomic mass is 32.2. The fraction of sp³-hybridized carbons (Fsp3) is 0.200. The van der Waals surface area contributed by atoms with Crippen molar-refractivity contribution in [3.05, 3.63) is 66.1 Å². The standard InChI is InChI=1S/C20H19N5OS/c1-13-8-7-11-16(12-13)18-22-23-20(25(18)3)27-14(2)19-21-17(24-26-19)15-9-5-4-6-10-15/h4-12,14H,1-3H3. The zero-order valence-electron chi connectivity index (χ0n) is 15.3. The van der Waals surface area contributed by atoms with E-state index in [-0.39, 0.29) is 5.25 Å². The van der Waals surface area contributed by atoms with Crippen LogP contribution < -0.4 is 0 Å². The summed E-state index contributed by atoms with van der Waals surface area (Å²) >= 11 is 1.54. The van der Waals surface area contributed by atoms with Crippen molar-refractivity contribution in [3.63, 3.8) is 0 Å². The SMILES string of the molecule is Cc1cccc(-c2nnc(SC(C)c3nc(-c4ccccc4)no3)n2C)c1. The van der Waals surface area contributed by atoms with Gasteiger partial charge in [-0.15, -0.1) is 10.2 Å². The third-order valence-electron chi connectivity index (χ3n) is 4.21. The fourth-order valence-electron chi connectivity index (χ4n) is 2.77. The molecule has 27 heavy (non-hydrogen) atoms. The number of nitrogens with zero attached hydrogens (tertiary/aromatic N) is 5. The molecule has 136 valence electrons. The average Bonchev–Trinajstić information content (AvgIpc) is 3.30. The number of hydrogen-bond donors (Lipinski definition) is 0. The van der Waals surface area contributed by atoms with Gasteiger partial charge in [0.2, 0.25) is 11.7 Å². The normalized spacial score (nSPS) is 12.3. The maximum Gasteiger partial charge on any atom is 0.240 e. The second-order valence-electron chi connectivity index (χ2n) is 6.32. The second kappa shape index (κ2) is 7.36. The van der Waals surface area contributed by atoms with Gasteiger partial charge in [0.25, 0.3) is 0 Å². The summed E-state index contributed by atoms with van der Waals surface area (Å²) in [6.07, 6.45) is 0. The van der Waals surface area contributed by atoms with Crippen LogP contribution in [-0.2, 0) is 7.05 Å². The predicted octanol–water partition coefficient (Wildman–Crippen LogP) is 4.69. The van der Waals surface area contributed by atoms with Gasteiger partial charge in [-0.2, -0.15) is 4.98 Å². The Bertz CT molecular complexity index is 1060. The van der Waals surface area contributed by atoms with Crippen molar-refractivity contribution < 1.29 is 4.52 Å². The van der Waals surface area contributed by atoms with E-state index in [0.717, 1.165) is 22.1 Å². The van der Waals surface area contributed by atoms with E-state index < -0.39 is 0 Å². The van der Waals surface area contributed by atoms with Crippen LogP contribution in [0.4, 0.5) is 0 Å². The molecule has 2 heterocycles. The van der Waals surface area contributed by atoms with Crippen LogP contribution in [0.2, 0.25) is 0 Å². The predicted molar refractivity (Wildman–Crippen MR) is 105 cm³/mol. The van der Waals surface area contributed by atoms with Crippen molar-refractivity contribution in [2.45, 2.75) is 24.3 Å². The van der Waals surface area contributed by atoms with E-state index in [1.54, 1.807) is 11.8 Å². The van der Waals surface area contributed by atoms with Gasteiger partial charge in [-0.1, -0.05) is 71.0 Å². The first-order valence-corrected chi connectivity index (χ1v) is 9.52. The maximum absolute atomic E-state index is 5.46. The summed E-state index contributed by atoms with van der Waals surface area (Å²) in [5, 5.41) is 13.5. The summed E-state index contributed by atoms with van der Waals surface area (Å²) in [5.41, 5.74) is 3.18. The molecule has 0 amide bonds. The van der Waals surface area contributed by atoms with Crippen LogP contribution in [0.25, 0.3) is 22.8 Å². The van der Waals surface area contributed by atoms with Crippen molar-refractivity contribution in [2.75, 3.05) is 0 Å². The highest BCUT2D eigenvalue weighted by molar-refractivity contribution is 7.99. The Morgan fingerprint density at radius 1 is 1.00 bits per heavy atom. The Labute approximate surface area is 161 Å². The van der Waals surface area contributed by atoms with Gasteiger partial charge in [-0.3, -0.25) is 0 Å². The molecule has 7 heteroatoms. The van der Waals surface area contributed by atoms with E-state index in [0.29, 0.717) is 11.7 Å². The number of rotatable bonds is 5. The largest absolute Gasteiger partial charge is 0.338 e. The highest BCUT2D eigenvalue weighted by Gasteiger charge is 2.20. The van der Waals surface area contributed by atoms with Crippen LogP contribution >= 0.6 is 11.8 Å². The Kier molecular flexibility index (Phi) is 4.77. The van der Waals surface area contributed by atoms with Crippen LogP contribution in [0, 0.1) is 6.92 Å². The summed E-state index contributed by atoms with van der Waals surface area (Å²) in [5.74, 6) is 2.00. The first kappa shape index (κ1) is 17.5. The minimum atomic E-state index is -0.0387. The van der Waals surface area contributed by atoms with E-state index in [1.807, 2.05) is 61.0 Å². The van der Waals surface area contributed by atoms with Gasteiger partial charge in [-0.05, 0) is 19.9 Å². The second-order valence-corrected chi connectivity index (χ2v) is 7.62. The van der Waals surface area contributed by atoms with Gasteiger partial charge < -0.3 is 9.09 Å². The number of hydrogen-bond acceptors (Lipinski definition) is 6. The summed E-state index contributed by atoms with van der Waals surface area (Å²) in [6.45, 7) is 4.09. The molecule has 0 spiro atoms. The molecule has 4 rings (SSSR count). The molecule has 0 fully saturated rings. The van der Waals surface area contributed by atoms with Crippen molar-refractivity contribution in [3.8, 4) is 22.8 Å². The lowest BCUT2D eigenvalue weighted by Gasteiger charge is -2.07. The van der Waals surface area contributed by atoms with Crippen LogP contribution in [0.1, 0.15) is 23.6 Å². The van der Waals surface area contributed by atoms with Gasteiger partial charge in [0, 0.05) is 18.2 Å². The van der Waals surface area contributed by atoms with Gasteiger partial charge in [0.15, 0.2) is 11.0 Å². The van der Waals surface area contributed by atoms with Gasteiger partial charge >= 0.3 is 0 Å². The first-order chi connectivity index (χ1) is 13.1. The molecule has 2 aromatic carbocycles. The van der Waals surface area contributed by atoms with Crippen LogP contribution in [0.5, 0.6) is 0 Å². The number of thioether (sulfide) groups is 1. The molecule has 0 aliphatic carbocycles. The quantitative estimate of drug-likeness (QED) is 0.470. The van der Waals surface area contributed by atoms with Gasteiger partial charge in [0.1, 0.15) is 0 Å². The molecule has 2 aromatic heterocycles. The van der Waals surface area contributed by atoms with Crippen molar-refractivity contribution in [2.24, 2.45) is 7.05 Å². The van der Waals surface area contributed by atoms with Crippen molar-refractivity contribution >= 4 is 11.8 Å². The molecule has 6 nitrogen and oxygen atoms in total. The van der Waals surface area contributed by atoms with E-state index in [1.165, 1.54) is 5.56 Å². The van der Waals surface area contributed by atoms with Gasteiger partial charge in [-0.25, -0.2) is 0 Å². The van der Waals surface area contributed by atoms with Gasteiger partial charge in [0.05, 0.1) is 5.25 Å². The lowest BCUT2D eigenvalue weighted by Crippen LogP contribution is -1.97. The maximum atomic E-state index is 5.46. The Balaban J connectivity index is 1.54. The molecule has 0 aliphatic heterocycles. The topological polar surface area (TPSA) is 69.6 Å². The molecular weight excluding hydrogens is 358 g/mol. The molecule has 0 radical (unpaired) electrons. The molecule has 0 saturated carbocycles. The van der Waals surface area contributed by atoms with Crippen LogP contribution in [0.15, 0.2) is 64.3 Å². The van der Waals surface area contributed by atoms with Crippen LogP contribution in [0.3, 0.4) is 0 Å². The fourth-order valence-corrected chi connectivity index (χ4v) is 3.61. The van der Waals surface area contributed by atoms with Crippen molar-refractivity contribution in [1.29, 1.82) is 0 Å². The van der Waals surface area contributed by atoms with E-state index in [4.69, 9.17) is 4.52 Å². The molecular formula is C20H19N5OS. The Morgan fingerprint density at radius 2 is 1.78 bits per heavy atom. The molecule has 1 atom stereocenters. The molecule has 0 bridgehead atoms. The van der Waals surface area contributed by atoms with E-state index in [9.17, 15) is 0 Å². The first-order valence-electron chi connectivity index (χ1n) is 8.64. The summed E-state index contributed by atoms with van der Waals surface area (Å²) in [7, 11) is 1.97. The third-order valence-corrected chi connectivity index (χ3v) is 5.34. The zero-order valence-corrected chi connectivity index (χ0v) is 16.1. The zero-order chi connectivity index (χ0) is 18.8. The van der Waals surface area contributed by atoms with Crippen molar-refractivity contribution in [1.82, 2.24) is 24.9 Å². The Hall–Kier alpha value is -2.93. The highest BCUT2D eigenvalue weighted by Crippen LogP contribution is 2.34. The number of aryl methyl sites for hydroxylation is 1. The van der Waals surface area contributed by atoms with Crippen LogP contribution in [-0.4, -0.2) is 24.9 Å². The molecule has 1 unspecified atom stereocenters. The monoisotopic (exact) mass is 377 g/mol. The summed E-state index contributed by atoms with van der Waals surface area (Å²) < 4.78 is 7.45. The molecule has 4 aromatic rings. The van der Waals surface area contributed by atoms with E-state index in [2.05, 4.69) is 39.4 Å². The molecule has 0 aliphatic rings. The van der Waals surface area contributed by atoms with E-state index >= 15 is 0 Å². The lowest BCUT2D eigenvalue weighted by molar-refractivity contribution is 0.380. The number of aromatic nitrogens is 5. The average molecular weight is 377 g/mol. The minimum Gasteiger partial charge on any atom is -0.338 e. The Morgan fingerprint density at radius 3 is 2.56 bits per heavy atom. The lowest BCUT2D eigenvalue weighted by atomic mass is 10.1. The third kappa shape index (κ3) is 3.64. The molecule has 0 saturated heterocycles. The smallest absolute Gasteiger partial charge is 0.240 e. The minimum absolute atomic E-state index is 0.0387. The summed E-state index contributed by atoms with van der Waals surface area (Å²) in [4.78, 5) is 4.53. The molecule has 0 N–H and O–H groups in total.